The van der Waals surface area contributed by atoms with E-state index in [-0.39, 0.29) is 50.2 Å². The molecule has 0 unspecified atom stereocenters. The van der Waals surface area contributed by atoms with Gasteiger partial charge in [-0.05, 0) is 56.2 Å². The first kappa shape index (κ1) is 32.7. The first-order valence-electron chi connectivity index (χ1n) is 13.2. The summed E-state index contributed by atoms with van der Waals surface area (Å²) in [6.07, 6.45) is 1.56. The van der Waals surface area contributed by atoms with Crippen molar-refractivity contribution in [1.29, 1.82) is 0 Å². The topological polar surface area (TPSA) is 86.8 Å². The first-order chi connectivity index (χ1) is 19.4. The molecule has 0 aliphatic carbocycles. The molecule has 3 rings (SSSR count). The van der Waals surface area contributed by atoms with Crippen molar-refractivity contribution in [2.45, 2.75) is 51.7 Å². The summed E-state index contributed by atoms with van der Waals surface area (Å²) in [5.41, 5.74) is 1.81. The number of anilines is 1. The summed E-state index contributed by atoms with van der Waals surface area (Å²) in [6.45, 7) is 3.76. The molecule has 0 heterocycles. The molecule has 0 radical (unpaired) electrons. The normalized spacial score (nSPS) is 12.2. The molecular formula is C30H34Cl3N3O4S. The fourth-order valence-corrected chi connectivity index (χ4v) is 6.08. The van der Waals surface area contributed by atoms with Crippen molar-refractivity contribution in [2.24, 2.45) is 0 Å². The number of carbonyl (C=O) groups excluding carboxylic acids is 2. The fourth-order valence-electron chi connectivity index (χ4n) is 4.42. The van der Waals surface area contributed by atoms with E-state index in [1.54, 1.807) is 42.5 Å². The van der Waals surface area contributed by atoms with Crippen molar-refractivity contribution >= 4 is 62.3 Å². The number of nitrogens with zero attached hydrogens (tertiary/aromatic N) is 2. The van der Waals surface area contributed by atoms with Gasteiger partial charge in [0.15, 0.2) is 0 Å². The minimum Gasteiger partial charge on any atom is -0.352 e. The van der Waals surface area contributed by atoms with E-state index in [1.165, 1.54) is 9.21 Å². The lowest BCUT2D eigenvalue weighted by Gasteiger charge is -2.33. The Morgan fingerprint density at radius 3 is 2.12 bits per heavy atom. The summed E-state index contributed by atoms with van der Waals surface area (Å²) in [6, 6.07) is 20.0. The van der Waals surface area contributed by atoms with E-state index in [4.69, 9.17) is 34.8 Å². The third-order valence-electron chi connectivity index (χ3n) is 6.34. The van der Waals surface area contributed by atoms with E-state index in [2.05, 4.69) is 5.32 Å². The fraction of sp³-hybridized carbons (Fsp3) is 0.333. The molecule has 3 aromatic carbocycles. The number of carbonyl (C=O) groups is 2. The Morgan fingerprint density at radius 1 is 0.902 bits per heavy atom. The molecule has 41 heavy (non-hydrogen) atoms. The van der Waals surface area contributed by atoms with Crippen LogP contribution >= 0.6 is 34.8 Å². The predicted octanol–water partition coefficient (Wildman–Crippen LogP) is 6.36. The molecule has 0 saturated heterocycles. The number of halogens is 3. The zero-order valence-corrected chi connectivity index (χ0v) is 26.3. The second kappa shape index (κ2) is 14.9. The summed E-state index contributed by atoms with van der Waals surface area (Å²) in [5, 5.41) is 4.09. The molecule has 3 aromatic rings. The highest BCUT2D eigenvalue weighted by molar-refractivity contribution is 7.92. The molecule has 0 fully saturated rings. The molecule has 0 aliphatic rings. The Balaban J connectivity index is 1.93. The van der Waals surface area contributed by atoms with Crippen molar-refractivity contribution < 1.29 is 18.0 Å². The van der Waals surface area contributed by atoms with Crippen LogP contribution in [0, 0.1) is 0 Å². The van der Waals surface area contributed by atoms with Gasteiger partial charge in [0.1, 0.15) is 6.04 Å². The van der Waals surface area contributed by atoms with Crippen LogP contribution < -0.4 is 9.62 Å². The molecular weight excluding hydrogens is 605 g/mol. The number of nitrogens with one attached hydrogen (secondary N) is 1. The van der Waals surface area contributed by atoms with Crippen LogP contribution in [-0.4, -0.2) is 50.0 Å². The van der Waals surface area contributed by atoms with Crippen LogP contribution in [0.3, 0.4) is 0 Å². The Kier molecular flexibility index (Phi) is 11.9. The number of benzene rings is 3. The van der Waals surface area contributed by atoms with Gasteiger partial charge in [-0.3, -0.25) is 13.9 Å². The number of amides is 2. The van der Waals surface area contributed by atoms with Crippen molar-refractivity contribution in [3.63, 3.8) is 0 Å². The first-order valence-corrected chi connectivity index (χ1v) is 16.1. The van der Waals surface area contributed by atoms with Crippen molar-refractivity contribution in [3.8, 4) is 0 Å². The van der Waals surface area contributed by atoms with Gasteiger partial charge in [0, 0.05) is 52.6 Å². The summed E-state index contributed by atoms with van der Waals surface area (Å²) in [7, 11) is -3.65. The average molecular weight is 639 g/mol. The predicted molar refractivity (Wildman–Crippen MR) is 167 cm³/mol. The highest BCUT2D eigenvalue weighted by Crippen LogP contribution is 2.28. The summed E-state index contributed by atoms with van der Waals surface area (Å²) < 4.78 is 26.4. The summed E-state index contributed by atoms with van der Waals surface area (Å²) in [5.74, 6) is -0.641. The second-order valence-electron chi connectivity index (χ2n) is 10.0. The minimum atomic E-state index is -3.65. The molecule has 0 spiro atoms. The Hall–Kier alpha value is -2.78. The lowest BCUT2D eigenvalue weighted by Crippen LogP contribution is -2.52. The second-order valence-corrected chi connectivity index (χ2v) is 13.2. The van der Waals surface area contributed by atoms with Crippen LogP contribution in [0.1, 0.15) is 37.8 Å². The number of hydrogen-bond donors (Lipinski definition) is 1. The van der Waals surface area contributed by atoms with E-state index in [0.29, 0.717) is 26.3 Å². The molecule has 0 aromatic heterocycles. The van der Waals surface area contributed by atoms with E-state index in [0.717, 1.165) is 11.8 Å². The third-order valence-corrected chi connectivity index (χ3v) is 8.48. The van der Waals surface area contributed by atoms with Crippen LogP contribution in [0.4, 0.5) is 5.69 Å². The van der Waals surface area contributed by atoms with Gasteiger partial charge < -0.3 is 10.2 Å². The quantitative estimate of drug-likeness (QED) is 0.236. The SMILES string of the molecule is CC(C)NC(=O)[C@@H](Cc1ccccc1)N(Cc1c(Cl)cccc1Cl)C(=O)CCCN(c1cccc(Cl)c1)S(C)(=O)=O. The molecule has 1 N–H and O–H groups in total. The zero-order valence-electron chi connectivity index (χ0n) is 23.2. The maximum atomic E-state index is 13.9. The number of rotatable bonds is 13. The van der Waals surface area contributed by atoms with E-state index >= 15 is 0 Å². The Bertz CT molecular complexity index is 1430. The van der Waals surface area contributed by atoms with Crippen LogP contribution in [0.2, 0.25) is 15.1 Å². The van der Waals surface area contributed by atoms with Crippen molar-refractivity contribution in [3.05, 3.63) is 99.0 Å². The van der Waals surface area contributed by atoms with Crippen LogP contribution in [0.5, 0.6) is 0 Å². The highest BCUT2D eigenvalue weighted by atomic mass is 35.5. The van der Waals surface area contributed by atoms with Crippen molar-refractivity contribution in [1.82, 2.24) is 10.2 Å². The lowest BCUT2D eigenvalue weighted by molar-refractivity contribution is -0.141. The van der Waals surface area contributed by atoms with Gasteiger partial charge in [-0.1, -0.05) is 77.3 Å². The van der Waals surface area contributed by atoms with E-state index < -0.39 is 16.1 Å². The molecule has 1 atom stereocenters. The molecule has 0 bridgehead atoms. The zero-order chi connectivity index (χ0) is 30.2. The Morgan fingerprint density at radius 2 is 1.54 bits per heavy atom. The summed E-state index contributed by atoms with van der Waals surface area (Å²) >= 11 is 19.0. The van der Waals surface area contributed by atoms with Crippen LogP contribution in [0.25, 0.3) is 0 Å². The third kappa shape index (κ3) is 9.64. The van der Waals surface area contributed by atoms with Gasteiger partial charge in [0.25, 0.3) is 0 Å². The molecule has 220 valence electrons. The molecule has 0 aliphatic heterocycles. The van der Waals surface area contributed by atoms with Gasteiger partial charge in [0.2, 0.25) is 21.8 Å². The van der Waals surface area contributed by atoms with Gasteiger partial charge in [-0.15, -0.1) is 0 Å². The van der Waals surface area contributed by atoms with Gasteiger partial charge >= 0.3 is 0 Å². The molecule has 7 nitrogen and oxygen atoms in total. The van der Waals surface area contributed by atoms with E-state index in [9.17, 15) is 18.0 Å². The van der Waals surface area contributed by atoms with E-state index in [1.807, 2.05) is 44.2 Å². The van der Waals surface area contributed by atoms with Gasteiger partial charge in [-0.25, -0.2) is 8.42 Å². The molecule has 0 saturated carbocycles. The smallest absolute Gasteiger partial charge is 0.243 e. The summed E-state index contributed by atoms with van der Waals surface area (Å²) in [4.78, 5) is 28.9. The van der Waals surface area contributed by atoms with Crippen LogP contribution in [-0.2, 0) is 32.6 Å². The highest BCUT2D eigenvalue weighted by Gasteiger charge is 2.31. The minimum absolute atomic E-state index is 0.00440. The standard InChI is InChI=1S/C30H34Cl3N3O4S/c1-21(2)34-30(38)28(18-22-10-5-4-6-11-22)35(20-25-26(32)14-8-15-27(25)33)29(37)16-9-17-36(41(3,39)40)24-13-7-12-23(31)19-24/h4-8,10-15,19,21,28H,9,16-18,20H2,1-3H3,(H,34,38)/t28-/m1/s1. The number of hydrogen-bond acceptors (Lipinski definition) is 4. The number of sulfonamides is 1. The average Bonchev–Trinajstić information content (AvgIpc) is 2.89. The van der Waals surface area contributed by atoms with Gasteiger partial charge in [-0.2, -0.15) is 0 Å². The molecule has 2 amide bonds. The lowest BCUT2D eigenvalue weighted by atomic mass is 10.0. The van der Waals surface area contributed by atoms with Crippen LogP contribution in [0.15, 0.2) is 72.8 Å². The maximum Gasteiger partial charge on any atom is 0.243 e. The maximum absolute atomic E-state index is 13.9. The van der Waals surface area contributed by atoms with Gasteiger partial charge in [0.05, 0.1) is 11.9 Å². The molecule has 11 heteroatoms. The Labute approximate surface area is 257 Å². The monoisotopic (exact) mass is 637 g/mol. The van der Waals surface area contributed by atoms with Crippen molar-refractivity contribution in [2.75, 3.05) is 17.1 Å². The largest absolute Gasteiger partial charge is 0.352 e.